The quantitative estimate of drug-likeness (QED) is 0.835. The molecule has 1 aliphatic rings. The number of hydrogen-bond acceptors (Lipinski definition) is 4. The molecule has 0 saturated heterocycles. The molecule has 5 nitrogen and oxygen atoms in total. The van der Waals surface area contributed by atoms with E-state index in [0.717, 1.165) is 5.69 Å². The van der Waals surface area contributed by atoms with Gasteiger partial charge in [0.05, 0.1) is 31.1 Å². The smallest absolute Gasteiger partial charge is 0.268 e. The van der Waals surface area contributed by atoms with Crippen molar-refractivity contribution < 1.29 is 4.74 Å². The second-order valence-electron chi connectivity index (χ2n) is 5.00. The first-order chi connectivity index (χ1) is 8.65. The Morgan fingerprint density at radius 2 is 2.33 bits per heavy atom. The van der Waals surface area contributed by atoms with Gasteiger partial charge in [0.25, 0.3) is 5.56 Å². The van der Waals surface area contributed by atoms with Crippen LogP contribution in [0, 0.1) is 0 Å². The van der Waals surface area contributed by atoms with Gasteiger partial charge in [-0.05, 0) is 33.1 Å². The lowest BCUT2D eigenvalue weighted by molar-refractivity contribution is 0.0702. The predicted octanol–water partition coefficient (Wildman–Crippen LogP) is 1.63. The minimum absolute atomic E-state index is 0.0771. The fraction of sp³-hybridized carbons (Fsp3) is 0.692. The molecule has 1 aromatic heterocycles. The molecule has 5 heteroatoms. The molecule has 0 aliphatic heterocycles. The van der Waals surface area contributed by atoms with Crippen molar-refractivity contribution in [2.45, 2.75) is 51.8 Å². The summed E-state index contributed by atoms with van der Waals surface area (Å²) < 4.78 is 6.85. The minimum Gasteiger partial charge on any atom is -0.381 e. The third-order valence-electron chi connectivity index (χ3n) is 3.10. The summed E-state index contributed by atoms with van der Waals surface area (Å²) in [5, 5.41) is 7.46. The van der Waals surface area contributed by atoms with Crippen LogP contribution < -0.4 is 10.9 Å². The summed E-state index contributed by atoms with van der Waals surface area (Å²) in [5.74, 6) is 0. The Hall–Kier alpha value is -1.36. The van der Waals surface area contributed by atoms with Crippen LogP contribution in [-0.4, -0.2) is 28.5 Å². The normalized spacial score (nSPS) is 15.7. The van der Waals surface area contributed by atoms with Gasteiger partial charge in [-0.1, -0.05) is 0 Å². The van der Waals surface area contributed by atoms with Gasteiger partial charge < -0.3 is 10.1 Å². The van der Waals surface area contributed by atoms with Crippen LogP contribution in [0.4, 0.5) is 5.69 Å². The average molecular weight is 251 g/mol. The molecule has 1 fully saturated rings. The molecule has 1 saturated carbocycles. The molecule has 1 aromatic rings. The third kappa shape index (κ3) is 3.57. The fourth-order valence-corrected chi connectivity index (χ4v) is 1.84. The summed E-state index contributed by atoms with van der Waals surface area (Å²) in [5.41, 5.74) is 0.748. The zero-order chi connectivity index (χ0) is 13.0. The molecule has 2 rings (SSSR count). The molecule has 1 N–H and O–H groups in total. The van der Waals surface area contributed by atoms with Crippen LogP contribution in [0.25, 0.3) is 0 Å². The van der Waals surface area contributed by atoms with E-state index >= 15 is 0 Å². The van der Waals surface area contributed by atoms with Crippen molar-refractivity contribution in [3.05, 3.63) is 22.6 Å². The highest BCUT2D eigenvalue weighted by molar-refractivity contribution is 5.40. The van der Waals surface area contributed by atoms with E-state index in [0.29, 0.717) is 19.2 Å². The van der Waals surface area contributed by atoms with Crippen molar-refractivity contribution >= 4 is 5.69 Å². The predicted molar refractivity (Wildman–Crippen MR) is 70.8 cm³/mol. The highest BCUT2D eigenvalue weighted by Crippen LogP contribution is 2.21. The van der Waals surface area contributed by atoms with E-state index in [9.17, 15) is 4.79 Å². The van der Waals surface area contributed by atoms with Gasteiger partial charge in [-0.15, -0.1) is 0 Å². The molecule has 18 heavy (non-hydrogen) atoms. The zero-order valence-corrected chi connectivity index (χ0v) is 11.1. The summed E-state index contributed by atoms with van der Waals surface area (Å²) in [6.45, 7) is 4.96. The van der Waals surface area contributed by atoms with E-state index < -0.39 is 0 Å². The second-order valence-corrected chi connectivity index (χ2v) is 5.00. The molecule has 0 unspecified atom stereocenters. The number of hydrogen-bond donors (Lipinski definition) is 1. The highest BCUT2D eigenvalue weighted by Gasteiger charge is 2.17. The van der Waals surface area contributed by atoms with Crippen LogP contribution >= 0.6 is 0 Å². The largest absolute Gasteiger partial charge is 0.381 e. The Bertz CT molecular complexity index is 438. The molecular weight excluding hydrogens is 230 g/mol. The van der Waals surface area contributed by atoms with Crippen LogP contribution in [0.3, 0.4) is 0 Å². The van der Waals surface area contributed by atoms with Gasteiger partial charge in [-0.3, -0.25) is 4.79 Å². The van der Waals surface area contributed by atoms with Gasteiger partial charge >= 0.3 is 0 Å². The van der Waals surface area contributed by atoms with Crippen LogP contribution in [0.15, 0.2) is 17.1 Å². The molecule has 0 bridgehead atoms. The van der Waals surface area contributed by atoms with Gasteiger partial charge in [0.1, 0.15) is 0 Å². The maximum absolute atomic E-state index is 11.8. The first kappa shape index (κ1) is 13.1. The summed E-state index contributed by atoms with van der Waals surface area (Å²) in [4.78, 5) is 11.8. The van der Waals surface area contributed by atoms with E-state index in [1.54, 1.807) is 12.3 Å². The van der Waals surface area contributed by atoms with Crippen LogP contribution in [0.1, 0.15) is 33.1 Å². The molecule has 1 aliphatic carbocycles. The number of aromatic nitrogens is 2. The SMILES string of the molecule is CC(C)OCCn1ncc(NC2CCC2)cc1=O. The molecular formula is C13H21N3O2. The van der Waals surface area contributed by atoms with Crippen LogP contribution in [-0.2, 0) is 11.3 Å². The van der Waals surface area contributed by atoms with Crippen molar-refractivity contribution in [3.8, 4) is 0 Å². The van der Waals surface area contributed by atoms with Crippen molar-refractivity contribution in [3.63, 3.8) is 0 Å². The fourth-order valence-electron chi connectivity index (χ4n) is 1.84. The Morgan fingerprint density at radius 3 is 2.89 bits per heavy atom. The standard InChI is InChI=1S/C13H21N3O2/c1-10(2)18-7-6-16-13(17)8-12(9-14-16)15-11-4-3-5-11/h8-11,15H,3-7H2,1-2H3. The molecule has 0 spiro atoms. The van der Waals surface area contributed by atoms with Crippen molar-refractivity contribution in [2.75, 3.05) is 11.9 Å². The Morgan fingerprint density at radius 1 is 1.56 bits per heavy atom. The molecule has 0 aromatic carbocycles. The van der Waals surface area contributed by atoms with E-state index in [1.165, 1.54) is 23.9 Å². The van der Waals surface area contributed by atoms with E-state index in [1.807, 2.05) is 13.8 Å². The van der Waals surface area contributed by atoms with Crippen molar-refractivity contribution in [2.24, 2.45) is 0 Å². The highest BCUT2D eigenvalue weighted by atomic mass is 16.5. The molecule has 0 amide bonds. The number of anilines is 1. The van der Waals surface area contributed by atoms with Gasteiger partial charge in [-0.2, -0.15) is 5.10 Å². The summed E-state index contributed by atoms with van der Waals surface area (Å²) in [6.07, 6.45) is 5.54. The monoisotopic (exact) mass is 251 g/mol. The van der Waals surface area contributed by atoms with Crippen LogP contribution in [0.5, 0.6) is 0 Å². The van der Waals surface area contributed by atoms with Crippen molar-refractivity contribution in [1.82, 2.24) is 9.78 Å². The minimum atomic E-state index is -0.0771. The average Bonchev–Trinajstić information content (AvgIpc) is 2.26. The lowest BCUT2D eigenvalue weighted by Crippen LogP contribution is -2.30. The van der Waals surface area contributed by atoms with Crippen molar-refractivity contribution in [1.29, 1.82) is 0 Å². The number of rotatable bonds is 6. The lowest BCUT2D eigenvalue weighted by Gasteiger charge is -2.27. The summed E-state index contributed by atoms with van der Waals surface area (Å²) in [7, 11) is 0. The van der Waals surface area contributed by atoms with Crippen LogP contribution in [0.2, 0.25) is 0 Å². The topological polar surface area (TPSA) is 56.1 Å². The Labute approximate surface area is 107 Å². The second kappa shape index (κ2) is 6.00. The van der Waals surface area contributed by atoms with Gasteiger partial charge in [-0.25, -0.2) is 4.68 Å². The zero-order valence-electron chi connectivity index (χ0n) is 11.1. The summed E-state index contributed by atoms with van der Waals surface area (Å²) >= 11 is 0. The van der Waals surface area contributed by atoms with Gasteiger partial charge in [0.15, 0.2) is 0 Å². The Kier molecular flexibility index (Phi) is 4.36. The lowest BCUT2D eigenvalue weighted by atomic mass is 9.93. The molecule has 0 atom stereocenters. The first-order valence-corrected chi connectivity index (χ1v) is 6.60. The maximum atomic E-state index is 11.8. The van der Waals surface area contributed by atoms with E-state index in [2.05, 4.69) is 10.4 Å². The summed E-state index contributed by atoms with van der Waals surface area (Å²) in [6, 6.07) is 2.13. The molecule has 100 valence electrons. The first-order valence-electron chi connectivity index (χ1n) is 6.60. The third-order valence-corrected chi connectivity index (χ3v) is 3.10. The van der Waals surface area contributed by atoms with Gasteiger partial charge in [0.2, 0.25) is 0 Å². The number of nitrogens with zero attached hydrogens (tertiary/aromatic N) is 2. The Balaban J connectivity index is 1.90. The van der Waals surface area contributed by atoms with Gasteiger partial charge in [0, 0.05) is 12.1 Å². The molecule has 1 heterocycles. The maximum Gasteiger partial charge on any atom is 0.268 e. The number of nitrogens with one attached hydrogen (secondary N) is 1. The molecule has 0 radical (unpaired) electrons. The van der Waals surface area contributed by atoms with E-state index in [4.69, 9.17) is 4.74 Å². The van der Waals surface area contributed by atoms with E-state index in [-0.39, 0.29) is 11.7 Å². The number of ether oxygens (including phenoxy) is 1.